The summed E-state index contributed by atoms with van der Waals surface area (Å²) in [6, 6.07) is 3.14. The zero-order valence-corrected chi connectivity index (χ0v) is 12.9. The van der Waals surface area contributed by atoms with Gasteiger partial charge in [0, 0.05) is 5.56 Å². The van der Waals surface area contributed by atoms with Gasteiger partial charge in [-0.25, -0.2) is 18.6 Å². The second-order valence-electron chi connectivity index (χ2n) is 4.00. The molecule has 0 fully saturated rings. The molecule has 0 aliphatic rings. The Hall–Kier alpha value is -1.73. The number of ether oxygens (including phenoxy) is 1. The molecule has 0 atom stereocenters. The SMILES string of the molecule is COC(=O)c1nc(-c2cc(F)c(Br)cc2F)cc(N)c1Cl. The van der Waals surface area contributed by atoms with Crippen molar-refractivity contribution in [3.05, 3.63) is 45.0 Å². The van der Waals surface area contributed by atoms with Gasteiger partial charge in [-0.05, 0) is 34.1 Å². The fourth-order valence-corrected chi connectivity index (χ4v) is 2.13. The summed E-state index contributed by atoms with van der Waals surface area (Å²) in [6.07, 6.45) is 0. The number of benzene rings is 1. The highest BCUT2D eigenvalue weighted by Gasteiger charge is 2.19. The lowest BCUT2D eigenvalue weighted by Crippen LogP contribution is -2.08. The predicted molar refractivity (Wildman–Crippen MR) is 78.1 cm³/mol. The number of aromatic nitrogens is 1. The van der Waals surface area contributed by atoms with E-state index < -0.39 is 17.6 Å². The largest absolute Gasteiger partial charge is 0.464 e. The molecule has 0 amide bonds. The van der Waals surface area contributed by atoms with E-state index in [2.05, 4.69) is 25.7 Å². The average Bonchev–Trinajstić information content (AvgIpc) is 2.45. The number of nitrogens with two attached hydrogens (primary N) is 1. The molecule has 1 aromatic heterocycles. The molecule has 1 aromatic carbocycles. The maximum Gasteiger partial charge on any atom is 0.358 e. The minimum Gasteiger partial charge on any atom is -0.464 e. The van der Waals surface area contributed by atoms with Gasteiger partial charge in [0.1, 0.15) is 11.6 Å². The summed E-state index contributed by atoms with van der Waals surface area (Å²) < 4.78 is 32.0. The molecule has 2 aromatic rings. The van der Waals surface area contributed by atoms with Crippen molar-refractivity contribution in [2.75, 3.05) is 12.8 Å². The lowest BCUT2D eigenvalue weighted by Gasteiger charge is -2.09. The summed E-state index contributed by atoms with van der Waals surface area (Å²) in [7, 11) is 1.14. The zero-order valence-electron chi connectivity index (χ0n) is 10.6. The van der Waals surface area contributed by atoms with Crippen molar-refractivity contribution in [1.29, 1.82) is 0 Å². The number of nitrogens with zero attached hydrogens (tertiary/aromatic N) is 1. The smallest absolute Gasteiger partial charge is 0.358 e. The molecule has 0 aliphatic carbocycles. The summed E-state index contributed by atoms with van der Waals surface area (Å²) in [5.41, 5.74) is 5.23. The third kappa shape index (κ3) is 2.98. The number of halogens is 4. The van der Waals surface area contributed by atoms with Gasteiger partial charge in [-0.1, -0.05) is 11.6 Å². The first-order chi connectivity index (χ1) is 9.85. The molecule has 4 nitrogen and oxygen atoms in total. The number of nitrogen functional groups attached to an aromatic ring is 1. The second kappa shape index (κ2) is 5.95. The van der Waals surface area contributed by atoms with Crippen molar-refractivity contribution < 1.29 is 18.3 Å². The van der Waals surface area contributed by atoms with Gasteiger partial charge in [-0.15, -0.1) is 0 Å². The Morgan fingerprint density at radius 3 is 2.62 bits per heavy atom. The number of anilines is 1. The van der Waals surface area contributed by atoms with Gasteiger partial charge < -0.3 is 10.5 Å². The predicted octanol–water partition coefficient (Wildman–Crippen LogP) is 3.81. The summed E-state index contributed by atoms with van der Waals surface area (Å²) in [6.45, 7) is 0. The van der Waals surface area contributed by atoms with Crippen LogP contribution < -0.4 is 5.73 Å². The first kappa shape index (κ1) is 15.7. The molecular formula is C13H8BrClF2N2O2. The highest BCUT2D eigenvalue weighted by atomic mass is 79.9. The highest BCUT2D eigenvalue weighted by Crippen LogP contribution is 2.31. The standard InChI is InChI=1S/C13H8BrClF2N2O2/c1-21-13(20)12-11(15)9(18)4-10(19-12)5-2-8(17)6(14)3-7(5)16/h2-4H,1H3,(H2,18,19). The summed E-state index contributed by atoms with van der Waals surface area (Å²) in [4.78, 5) is 15.5. The van der Waals surface area contributed by atoms with E-state index in [4.69, 9.17) is 17.3 Å². The Balaban J connectivity index is 2.68. The Bertz CT molecular complexity index is 741. The van der Waals surface area contributed by atoms with Gasteiger partial charge in [-0.2, -0.15) is 0 Å². The van der Waals surface area contributed by atoms with Crippen molar-refractivity contribution in [2.24, 2.45) is 0 Å². The number of pyridine rings is 1. The molecule has 0 bridgehead atoms. The van der Waals surface area contributed by atoms with Crippen molar-refractivity contribution in [3.8, 4) is 11.3 Å². The number of hydrogen-bond acceptors (Lipinski definition) is 4. The lowest BCUT2D eigenvalue weighted by atomic mass is 10.1. The Labute approximate surface area is 132 Å². The quantitative estimate of drug-likeness (QED) is 0.638. The van der Waals surface area contributed by atoms with Crippen LogP contribution in [0, 0.1) is 11.6 Å². The molecule has 0 saturated carbocycles. The zero-order chi connectivity index (χ0) is 15.7. The van der Waals surface area contributed by atoms with Crippen molar-refractivity contribution in [3.63, 3.8) is 0 Å². The van der Waals surface area contributed by atoms with Crippen LogP contribution in [0.25, 0.3) is 11.3 Å². The van der Waals surface area contributed by atoms with E-state index in [1.54, 1.807) is 0 Å². The molecule has 2 rings (SSSR count). The van der Waals surface area contributed by atoms with Crippen LogP contribution in [0.15, 0.2) is 22.7 Å². The number of methoxy groups -OCH3 is 1. The van der Waals surface area contributed by atoms with E-state index in [1.807, 2.05) is 0 Å². The maximum atomic E-state index is 13.9. The van der Waals surface area contributed by atoms with E-state index in [1.165, 1.54) is 6.07 Å². The van der Waals surface area contributed by atoms with Crippen LogP contribution >= 0.6 is 27.5 Å². The average molecular weight is 378 g/mol. The molecule has 110 valence electrons. The molecule has 2 N–H and O–H groups in total. The maximum absolute atomic E-state index is 13.9. The molecule has 0 unspecified atom stereocenters. The summed E-state index contributed by atoms with van der Waals surface area (Å²) in [5, 5.41) is -0.108. The van der Waals surface area contributed by atoms with Gasteiger partial charge in [0.2, 0.25) is 0 Å². The van der Waals surface area contributed by atoms with Crippen LogP contribution in [0.1, 0.15) is 10.5 Å². The molecule has 8 heteroatoms. The summed E-state index contributed by atoms with van der Waals surface area (Å²) >= 11 is 8.73. The molecule has 1 heterocycles. The topological polar surface area (TPSA) is 65.2 Å². The van der Waals surface area contributed by atoms with Gasteiger partial charge in [0.25, 0.3) is 0 Å². The van der Waals surface area contributed by atoms with E-state index in [9.17, 15) is 13.6 Å². The van der Waals surface area contributed by atoms with Crippen molar-refractivity contribution >= 4 is 39.2 Å². The third-order valence-corrected chi connectivity index (χ3v) is 3.66. The monoisotopic (exact) mass is 376 g/mol. The third-order valence-electron chi connectivity index (χ3n) is 2.65. The minimum absolute atomic E-state index is 0.00444. The van der Waals surface area contributed by atoms with E-state index >= 15 is 0 Å². The van der Waals surface area contributed by atoms with Crippen LogP contribution in [0.3, 0.4) is 0 Å². The van der Waals surface area contributed by atoms with E-state index in [0.29, 0.717) is 0 Å². The fraction of sp³-hybridized carbons (Fsp3) is 0.0769. The van der Waals surface area contributed by atoms with E-state index in [0.717, 1.165) is 19.2 Å². The molecule has 0 aliphatic heterocycles. The van der Waals surface area contributed by atoms with Gasteiger partial charge in [-0.3, -0.25) is 0 Å². The molecule has 0 saturated heterocycles. The van der Waals surface area contributed by atoms with Gasteiger partial charge in [0.15, 0.2) is 5.69 Å². The Morgan fingerprint density at radius 2 is 2.00 bits per heavy atom. The van der Waals surface area contributed by atoms with Crippen molar-refractivity contribution in [1.82, 2.24) is 4.98 Å². The number of carbonyl (C=O) groups excluding carboxylic acids is 1. The number of carbonyl (C=O) groups is 1. The van der Waals surface area contributed by atoms with Gasteiger partial charge >= 0.3 is 5.97 Å². The van der Waals surface area contributed by atoms with Crippen molar-refractivity contribution in [2.45, 2.75) is 0 Å². The molecular weight excluding hydrogens is 370 g/mol. The second-order valence-corrected chi connectivity index (χ2v) is 5.23. The Morgan fingerprint density at radius 1 is 1.33 bits per heavy atom. The normalized spacial score (nSPS) is 10.5. The minimum atomic E-state index is -0.827. The number of hydrogen-bond donors (Lipinski definition) is 1. The first-order valence-corrected chi connectivity index (χ1v) is 6.71. The van der Waals surface area contributed by atoms with Crippen LogP contribution in [-0.4, -0.2) is 18.1 Å². The number of esters is 1. The molecule has 0 spiro atoms. The van der Waals surface area contributed by atoms with E-state index in [-0.39, 0.29) is 32.1 Å². The highest BCUT2D eigenvalue weighted by molar-refractivity contribution is 9.10. The first-order valence-electron chi connectivity index (χ1n) is 5.54. The fourth-order valence-electron chi connectivity index (χ4n) is 1.64. The van der Waals surface area contributed by atoms with Crippen LogP contribution in [-0.2, 0) is 4.74 Å². The van der Waals surface area contributed by atoms with Crippen LogP contribution in [0.5, 0.6) is 0 Å². The van der Waals surface area contributed by atoms with Gasteiger partial charge in [0.05, 0.1) is 28.0 Å². The van der Waals surface area contributed by atoms with Crippen LogP contribution in [0.2, 0.25) is 5.02 Å². The van der Waals surface area contributed by atoms with Crippen LogP contribution in [0.4, 0.5) is 14.5 Å². The lowest BCUT2D eigenvalue weighted by molar-refractivity contribution is 0.0594. The number of rotatable bonds is 2. The molecule has 0 radical (unpaired) electrons. The summed E-state index contributed by atoms with van der Waals surface area (Å²) in [5.74, 6) is -2.24. The Kier molecular flexibility index (Phi) is 4.43. The molecule has 21 heavy (non-hydrogen) atoms.